The van der Waals surface area contributed by atoms with E-state index in [0.717, 1.165) is 117 Å². The molecule has 0 saturated carbocycles. The lowest BCUT2D eigenvalue weighted by Gasteiger charge is -2.27. The van der Waals surface area contributed by atoms with Crippen LogP contribution < -0.4 is 40.4 Å². The zero-order valence-electron chi connectivity index (χ0n) is 25.7. The molecule has 0 fully saturated rings. The maximum atomic E-state index is 6.50. The molecule has 0 bridgehead atoms. The van der Waals surface area contributed by atoms with Crippen LogP contribution >= 0.6 is 0 Å². The van der Waals surface area contributed by atoms with Crippen LogP contribution in [0.15, 0.2) is 63.4 Å². The molecule has 1 atom stereocenters. The Labute approximate surface area is 259 Å². The van der Waals surface area contributed by atoms with Gasteiger partial charge in [-0.1, -0.05) is 0 Å². The number of ether oxygens (including phenoxy) is 2. The van der Waals surface area contributed by atoms with Crippen molar-refractivity contribution in [1.82, 2.24) is 14.5 Å². The highest BCUT2D eigenvalue weighted by atomic mass is 16.5. The highest BCUT2D eigenvalue weighted by Gasteiger charge is 2.24. The molecular weight excluding hydrogens is 568 g/mol. The second-order valence-electron chi connectivity index (χ2n) is 11.6. The number of nitrogens with zero attached hydrogens (tertiary/aromatic N) is 3. The molecule has 10 heteroatoms. The smallest absolute Gasteiger partial charge is 0.205 e. The van der Waals surface area contributed by atoms with E-state index in [2.05, 4.69) is 59.2 Å². The first-order valence-corrected chi connectivity index (χ1v) is 15.7. The van der Waals surface area contributed by atoms with Crippen molar-refractivity contribution in [3.8, 4) is 34.4 Å². The lowest BCUT2D eigenvalue weighted by Crippen LogP contribution is -2.76. The Bertz CT molecular complexity index is 2170. The van der Waals surface area contributed by atoms with Crippen LogP contribution in [-0.2, 0) is 0 Å². The van der Waals surface area contributed by atoms with Gasteiger partial charge in [0.15, 0.2) is 22.7 Å². The maximum Gasteiger partial charge on any atom is 0.205 e. The summed E-state index contributed by atoms with van der Waals surface area (Å²) in [4.78, 5) is 13.1. The summed E-state index contributed by atoms with van der Waals surface area (Å²) in [7, 11) is 0. The van der Waals surface area contributed by atoms with Gasteiger partial charge in [-0.25, -0.2) is 19.5 Å². The van der Waals surface area contributed by atoms with E-state index in [1.807, 2.05) is 36.4 Å². The summed E-state index contributed by atoms with van der Waals surface area (Å²) in [6.07, 6.45) is 0.867. The van der Waals surface area contributed by atoms with Gasteiger partial charge in [0.1, 0.15) is 66.3 Å². The van der Waals surface area contributed by atoms with Crippen LogP contribution in [0.4, 0.5) is 11.4 Å². The lowest BCUT2D eigenvalue weighted by molar-refractivity contribution is -0.496. The minimum atomic E-state index is 0.0166. The van der Waals surface area contributed by atoms with Gasteiger partial charge in [0.2, 0.25) is 10.7 Å². The van der Waals surface area contributed by atoms with E-state index in [4.69, 9.17) is 28.3 Å². The summed E-state index contributed by atoms with van der Waals surface area (Å²) in [6, 6.07) is 18.2. The monoisotopic (exact) mass is 604 g/mol. The SMILES string of the molecule is CC[NH+]=c1cc2oc3cc4c(cc3nc-2cc1C)OC(CC[N+](CC)=c1ccc2nc3cc5c(cc3oc-2c1)NCCO5)CN4. The van der Waals surface area contributed by atoms with Gasteiger partial charge in [0.05, 0.1) is 30.1 Å². The molecule has 0 radical (unpaired) electrons. The summed E-state index contributed by atoms with van der Waals surface area (Å²) in [5, 5.41) is 9.08. The Morgan fingerprint density at radius 2 is 1.62 bits per heavy atom. The van der Waals surface area contributed by atoms with Crippen molar-refractivity contribution in [3.63, 3.8) is 0 Å². The number of nitrogens with one attached hydrogen (secondary N) is 3. The third-order valence-corrected chi connectivity index (χ3v) is 8.62. The second-order valence-corrected chi connectivity index (χ2v) is 11.6. The Morgan fingerprint density at radius 3 is 2.42 bits per heavy atom. The number of aromatic nitrogens is 2. The lowest BCUT2D eigenvalue weighted by atomic mass is 10.1. The van der Waals surface area contributed by atoms with E-state index in [-0.39, 0.29) is 6.10 Å². The van der Waals surface area contributed by atoms with Crippen molar-refractivity contribution in [3.05, 3.63) is 70.9 Å². The molecule has 4 heterocycles. The molecule has 2 aromatic carbocycles. The van der Waals surface area contributed by atoms with Gasteiger partial charge in [-0.2, -0.15) is 0 Å². The van der Waals surface area contributed by atoms with Gasteiger partial charge >= 0.3 is 0 Å². The van der Waals surface area contributed by atoms with Gasteiger partial charge in [-0.15, -0.1) is 0 Å². The first kappa shape index (κ1) is 27.4. The van der Waals surface area contributed by atoms with Crippen molar-refractivity contribution in [2.24, 2.45) is 0 Å². The molecule has 2 aromatic rings. The van der Waals surface area contributed by atoms with Gasteiger partial charge in [-0.3, -0.25) is 0 Å². The van der Waals surface area contributed by atoms with Crippen LogP contribution in [0.25, 0.3) is 45.1 Å². The van der Waals surface area contributed by atoms with E-state index in [1.54, 1.807) is 0 Å². The second kappa shape index (κ2) is 11.1. The highest BCUT2D eigenvalue weighted by molar-refractivity contribution is 5.85. The molecule has 0 saturated heterocycles. The Morgan fingerprint density at radius 1 is 0.867 bits per heavy atom. The van der Waals surface area contributed by atoms with Gasteiger partial charge in [-0.05, 0) is 32.9 Å². The van der Waals surface area contributed by atoms with Crippen LogP contribution in [0.3, 0.4) is 0 Å². The Kier molecular flexibility index (Phi) is 6.77. The summed E-state index contributed by atoms with van der Waals surface area (Å²) < 4.78 is 27.2. The molecule has 4 aliphatic heterocycles. The molecular formula is C35H36N6O4+2. The number of rotatable bonds is 5. The summed E-state index contributed by atoms with van der Waals surface area (Å²) in [6.45, 7) is 11.0. The fraction of sp³-hybridized carbons (Fsp3) is 0.314. The van der Waals surface area contributed by atoms with Crippen molar-refractivity contribution >= 4 is 33.6 Å². The molecule has 1 unspecified atom stereocenters. The predicted octanol–water partition coefficient (Wildman–Crippen LogP) is 3.35. The number of hydrogen-bond acceptors (Lipinski definition) is 8. The number of fused-ring (bicyclic) bond motifs is 6. The Balaban J connectivity index is 1.04. The Hall–Kier alpha value is -5.12. The van der Waals surface area contributed by atoms with Crippen LogP contribution in [0.2, 0.25) is 0 Å². The number of anilines is 2. The molecule has 0 amide bonds. The summed E-state index contributed by atoms with van der Waals surface area (Å²) in [5.74, 6) is 3.13. The third-order valence-electron chi connectivity index (χ3n) is 8.62. The van der Waals surface area contributed by atoms with Crippen molar-refractivity contribution in [2.45, 2.75) is 33.3 Å². The maximum absolute atomic E-state index is 6.50. The fourth-order valence-corrected chi connectivity index (χ4v) is 6.25. The third kappa shape index (κ3) is 5.09. The van der Waals surface area contributed by atoms with Crippen LogP contribution in [0.5, 0.6) is 11.5 Å². The minimum Gasteiger partial charge on any atom is -0.490 e. The van der Waals surface area contributed by atoms with E-state index in [9.17, 15) is 0 Å². The quantitative estimate of drug-likeness (QED) is 0.203. The summed E-state index contributed by atoms with van der Waals surface area (Å²) in [5.41, 5.74) is 7.67. The normalized spacial score (nSPS) is 17.0. The molecule has 8 rings (SSSR count). The molecule has 6 aliphatic rings. The van der Waals surface area contributed by atoms with Gasteiger partial charge in [0.25, 0.3) is 0 Å². The molecule has 0 aromatic heterocycles. The van der Waals surface area contributed by atoms with Crippen molar-refractivity contribution in [2.75, 3.05) is 50.0 Å². The van der Waals surface area contributed by atoms with Crippen molar-refractivity contribution < 1.29 is 23.3 Å². The standard InChI is InChI=1S/C35H34N6O4/c1-4-36-24-14-33-27(12-20(24)3)40-29-18-32-26(16-35(29)45-33)38-19-22(43-32)8-10-41(5-2)21-6-7-23-31(13-21)44-34-15-25-30(17-28(34)39-23)42-11-9-37-25/h6-7,12-18,22H,4-5,8-11,19H2,1-3H3,(H,36,38)/p+2. The number of hydrogen-bond donors (Lipinski definition) is 3. The topological polar surface area (TPSA) is 112 Å². The molecule has 228 valence electrons. The molecule has 45 heavy (non-hydrogen) atoms. The molecule has 2 aliphatic carbocycles. The van der Waals surface area contributed by atoms with Crippen LogP contribution in [0.1, 0.15) is 25.8 Å². The predicted molar refractivity (Wildman–Crippen MR) is 173 cm³/mol. The highest BCUT2D eigenvalue weighted by Crippen LogP contribution is 2.36. The van der Waals surface area contributed by atoms with Crippen LogP contribution in [0, 0.1) is 6.92 Å². The molecule has 3 N–H and O–H groups in total. The average molecular weight is 605 g/mol. The first-order valence-electron chi connectivity index (χ1n) is 15.7. The minimum absolute atomic E-state index is 0.0166. The summed E-state index contributed by atoms with van der Waals surface area (Å²) >= 11 is 0. The fourth-order valence-electron chi connectivity index (χ4n) is 6.25. The average Bonchev–Trinajstić information content (AvgIpc) is 3.05. The van der Waals surface area contributed by atoms with E-state index < -0.39 is 0 Å². The van der Waals surface area contributed by atoms with Crippen LogP contribution in [-0.4, -0.2) is 55.4 Å². The van der Waals surface area contributed by atoms with Crippen molar-refractivity contribution in [1.29, 1.82) is 0 Å². The van der Waals surface area contributed by atoms with E-state index >= 15 is 0 Å². The zero-order chi connectivity index (χ0) is 30.5. The number of aryl methyl sites for hydroxylation is 1. The van der Waals surface area contributed by atoms with Gasteiger partial charge in [0, 0.05) is 48.9 Å². The van der Waals surface area contributed by atoms with E-state index in [1.165, 1.54) is 0 Å². The molecule has 10 nitrogen and oxygen atoms in total. The largest absolute Gasteiger partial charge is 0.490 e. The first-order chi connectivity index (χ1) is 22.0. The van der Waals surface area contributed by atoms with E-state index in [0.29, 0.717) is 13.2 Å². The number of benzene rings is 4. The zero-order valence-corrected chi connectivity index (χ0v) is 25.7. The van der Waals surface area contributed by atoms with Gasteiger partial charge < -0.3 is 28.9 Å². The molecule has 0 spiro atoms.